The van der Waals surface area contributed by atoms with E-state index in [1.54, 1.807) is 6.92 Å². The van der Waals surface area contributed by atoms with Gasteiger partial charge in [-0.05, 0) is 38.2 Å². The molecule has 0 aliphatic rings. The first-order valence-corrected chi connectivity index (χ1v) is 8.66. The fourth-order valence-corrected chi connectivity index (χ4v) is 2.73. The summed E-state index contributed by atoms with van der Waals surface area (Å²) in [7, 11) is -3.79. The van der Waals surface area contributed by atoms with E-state index in [4.69, 9.17) is 0 Å². The van der Waals surface area contributed by atoms with Gasteiger partial charge in [0.1, 0.15) is 5.75 Å². The maximum Gasteiger partial charge on any atom is 0.247 e. The summed E-state index contributed by atoms with van der Waals surface area (Å²) in [4.78, 5) is 19.3. The van der Waals surface area contributed by atoms with Gasteiger partial charge < -0.3 is 5.32 Å². The number of nitrogens with zero attached hydrogens (tertiary/aromatic N) is 2. The second-order valence-corrected chi connectivity index (χ2v) is 7.63. The topological polar surface area (TPSA) is 89.0 Å². The van der Waals surface area contributed by atoms with Gasteiger partial charge in [-0.15, -0.1) is 0 Å². The molecule has 1 heterocycles. The van der Waals surface area contributed by atoms with E-state index in [0.29, 0.717) is 5.92 Å². The number of hydrogen-bond acceptors (Lipinski definition) is 5. The minimum absolute atomic E-state index is 0.0472. The van der Waals surface area contributed by atoms with Gasteiger partial charge in [0.25, 0.3) is 0 Å². The molecule has 0 aliphatic carbocycles. The predicted octanol–water partition coefficient (Wildman–Crippen LogP) is 1.50. The van der Waals surface area contributed by atoms with Gasteiger partial charge in [-0.2, -0.15) is 0 Å². The molecule has 0 aromatic carbocycles. The summed E-state index contributed by atoms with van der Waals surface area (Å²) in [6, 6.07) is -0.0472. The number of aromatic nitrogens is 2. The highest BCUT2D eigenvalue weighted by atomic mass is 32.2. The number of aryl methyl sites for hydroxylation is 1. The van der Waals surface area contributed by atoms with Crippen molar-refractivity contribution < 1.29 is 13.2 Å². The Morgan fingerprint density at radius 3 is 2.29 bits per heavy atom. The third-order valence-corrected chi connectivity index (χ3v) is 4.35. The lowest BCUT2D eigenvalue weighted by Gasteiger charge is -2.14. The lowest BCUT2D eigenvalue weighted by Crippen LogP contribution is -2.37. The summed E-state index contributed by atoms with van der Waals surface area (Å²) in [6.07, 6.45) is 4.64. The molecule has 0 fully saturated rings. The molecule has 6 nitrogen and oxygen atoms in total. The molecule has 1 amide bonds. The lowest BCUT2D eigenvalue weighted by molar-refractivity contribution is -0.119. The summed E-state index contributed by atoms with van der Waals surface area (Å²) in [5.74, 6) is -0.591. The highest BCUT2D eigenvalue weighted by molar-refractivity contribution is 7.91. The maximum atomic E-state index is 12.0. The van der Waals surface area contributed by atoms with E-state index in [1.165, 1.54) is 12.4 Å². The highest BCUT2D eigenvalue weighted by Gasteiger charge is 2.23. The molecule has 0 saturated carbocycles. The number of hydrogen-bond donors (Lipinski definition) is 1. The Morgan fingerprint density at radius 2 is 1.76 bits per heavy atom. The minimum atomic E-state index is -3.79. The van der Waals surface area contributed by atoms with E-state index in [9.17, 15) is 13.2 Å². The van der Waals surface area contributed by atoms with Gasteiger partial charge in [0.15, 0.2) is 0 Å². The number of rotatable bonds is 7. The maximum absolute atomic E-state index is 12.0. The third kappa shape index (κ3) is 6.20. The highest BCUT2D eigenvalue weighted by Crippen LogP contribution is 2.08. The van der Waals surface area contributed by atoms with Gasteiger partial charge in [0, 0.05) is 18.4 Å². The van der Waals surface area contributed by atoms with Gasteiger partial charge in [0.2, 0.25) is 20.9 Å². The lowest BCUT2D eigenvalue weighted by atomic mass is 10.0. The average Bonchev–Trinajstić information content (AvgIpc) is 2.36. The van der Waals surface area contributed by atoms with Crippen LogP contribution < -0.4 is 5.32 Å². The normalized spacial score (nSPS) is 13.2. The van der Waals surface area contributed by atoms with E-state index in [1.807, 2.05) is 6.92 Å². The quantitative estimate of drug-likeness (QED) is 0.771. The summed E-state index contributed by atoms with van der Waals surface area (Å²) in [5.41, 5.74) is 0.765. The summed E-state index contributed by atoms with van der Waals surface area (Å²) < 4.78 is 24.0. The fraction of sp³-hybridized carbons (Fsp3) is 0.643. The molecule has 0 radical (unpaired) electrons. The summed E-state index contributed by atoms with van der Waals surface area (Å²) in [5, 5.41) is 2.39. The molecule has 1 aromatic heterocycles. The van der Waals surface area contributed by atoms with Gasteiger partial charge >= 0.3 is 0 Å². The van der Waals surface area contributed by atoms with E-state index >= 15 is 0 Å². The Balaban J connectivity index is 2.59. The van der Waals surface area contributed by atoms with E-state index in [0.717, 1.165) is 18.4 Å². The molecule has 0 saturated heterocycles. The van der Waals surface area contributed by atoms with Crippen LogP contribution in [0.2, 0.25) is 0 Å². The number of nitrogens with one attached hydrogen (secondary N) is 1. The van der Waals surface area contributed by atoms with Crippen molar-refractivity contribution in [1.29, 1.82) is 0 Å². The van der Waals surface area contributed by atoms with Crippen LogP contribution in [0.15, 0.2) is 17.6 Å². The summed E-state index contributed by atoms with van der Waals surface area (Å²) in [6.45, 7) is 7.84. The first kappa shape index (κ1) is 17.6. The van der Waals surface area contributed by atoms with E-state index in [-0.39, 0.29) is 11.2 Å². The molecule has 1 unspecified atom stereocenters. The van der Waals surface area contributed by atoms with Crippen molar-refractivity contribution in [3.63, 3.8) is 0 Å². The molecular formula is C14H23N3O3S. The molecule has 1 rings (SSSR count). The van der Waals surface area contributed by atoms with Gasteiger partial charge in [-0.1, -0.05) is 13.8 Å². The van der Waals surface area contributed by atoms with Crippen molar-refractivity contribution in [3.05, 3.63) is 18.0 Å². The SMILES string of the molecule is Cc1cnc(S(=O)(=O)CC(=O)NC(C)CCC(C)C)nc1. The molecular weight excluding hydrogens is 290 g/mol. The van der Waals surface area contributed by atoms with Crippen LogP contribution in [0.25, 0.3) is 0 Å². The number of amides is 1. The standard InChI is InChI=1S/C14H23N3O3S/c1-10(2)5-6-12(4)17-13(18)9-21(19,20)14-15-7-11(3)8-16-14/h7-8,10,12H,5-6,9H2,1-4H3,(H,17,18). The second-order valence-electron chi connectivity index (χ2n) is 5.74. The fourth-order valence-electron chi connectivity index (χ4n) is 1.75. The Labute approximate surface area is 126 Å². The van der Waals surface area contributed by atoms with Crippen molar-refractivity contribution in [3.8, 4) is 0 Å². The van der Waals surface area contributed by atoms with Gasteiger partial charge in [-0.3, -0.25) is 4.79 Å². The zero-order valence-corrected chi connectivity index (χ0v) is 13.8. The first-order valence-electron chi connectivity index (χ1n) is 7.01. The Bertz CT molecular complexity index is 568. The van der Waals surface area contributed by atoms with Crippen LogP contribution in [0.4, 0.5) is 0 Å². The minimum Gasteiger partial charge on any atom is -0.353 e. The Morgan fingerprint density at radius 1 is 1.19 bits per heavy atom. The van der Waals surface area contributed by atoms with Crippen LogP contribution in [0.3, 0.4) is 0 Å². The number of carbonyl (C=O) groups is 1. The predicted molar refractivity (Wildman–Crippen MR) is 80.5 cm³/mol. The van der Waals surface area contributed by atoms with Gasteiger partial charge in [-0.25, -0.2) is 18.4 Å². The Kier molecular flexibility index (Phi) is 6.26. The number of sulfone groups is 1. The average molecular weight is 313 g/mol. The molecule has 118 valence electrons. The zero-order chi connectivity index (χ0) is 16.0. The third-order valence-electron chi connectivity index (χ3n) is 2.94. The van der Waals surface area contributed by atoms with Crippen LogP contribution in [-0.2, 0) is 14.6 Å². The van der Waals surface area contributed by atoms with Crippen LogP contribution in [0, 0.1) is 12.8 Å². The molecule has 1 N–H and O–H groups in total. The van der Waals surface area contributed by atoms with Crippen molar-refractivity contribution in [2.24, 2.45) is 5.92 Å². The number of carbonyl (C=O) groups excluding carboxylic acids is 1. The molecule has 0 spiro atoms. The molecule has 0 aliphatic heterocycles. The van der Waals surface area contributed by atoms with Crippen molar-refractivity contribution >= 4 is 15.7 Å². The molecule has 1 aromatic rings. The summed E-state index contributed by atoms with van der Waals surface area (Å²) >= 11 is 0. The van der Waals surface area contributed by atoms with E-state index in [2.05, 4.69) is 29.1 Å². The van der Waals surface area contributed by atoms with Gasteiger partial charge in [0.05, 0.1) is 0 Å². The second kappa shape index (κ2) is 7.49. The van der Waals surface area contributed by atoms with Crippen LogP contribution >= 0.6 is 0 Å². The Hall–Kier alpha value is -1.50. The molecule has 21 heavy (non-hydrogen) atoms. The van der Waals surface area contributed by atoms with Crippen LogP contribution in [-0.4, -0.2) is 36.1 Å². The largest absolute Gasteiger partial charge is 0.353 e. The van der Waals surface area contributed by atoms with Crippen molar-refractivity contribution in [2.75, 3.05) is 5.75 Å². The van der Waals surface area contributed by atoms with Crippen molar-refractivity contribution in [2.45, 2.75) is 51.7 Å². The van der Waals surface area contributed by atoms with Crippen molar-refractivity contribution in [1.82, 2.24) is 15.3 Å². The smallest absolute Gasteiger partial charge is 0.247 e. The van der Waals surface area contributed by atoms with Crippen LogP contribution in [0.1, 0.15) is 39.2 Å². The van der Waals surface area contributed by atoms with Crippen LogP contribution in [0.5, 0.6) is 0 Å². The first-order chi connectivity index (χ1) is 9.70. The van der Waals surface area contributed by atoms with E-state index < -0.39 is 21.5 Å². The zero-order valence-electron chi connectivity index (χ0n) is 13.0. The molecule has 1 atom stereocenters. The monoisotopic (exact) mass is 313 g/mol. The molecule has 0 bridgehead atoms. The molecule has 7 heteroatoms.